The van der Waals surface area contributed by atoms with Crippen LogP contribution in [0.15, 0.2) is 54.6 Å². The maximum atomic E-state index is 13.5. The van der Waals surface area contributed by atoms with Crippen molar-refractivity contribution in [3.8, 4) is 0 Å². The summed E-state index contributed by atoms with van der Waals surface area (Å²) in [6.07, 6.45) is 4.10. The van der Waals surface area contributed by atoms with Gasteiger partial charge in [0.1, 0.15) is 6.54 Å². The Hall–Kier alpha value is -4.14. The summed E-state index contributed by atoms with van der Waals surface area (Å²) in [4.78, 5) is 63.8. The smallest absolute Gasteiger partial charge is 0.273 e. The van der Waals surface area contributed by atoms with Crippen LogP contribution in [-0.2, 0) is 9.59 Å². The molecule has 0 saturated carbocycles. The Morgan fingerprint density at radius 3 is 2.29 bits per heavy atom. The molecule has 4 rings (SSSR count). The Bertz CT molecular complexity index is 1270. The fourth-order valence-electron chi connectivity index (χ4n) is 4.62. The van der Waals surface area contributed by atoms with Gasteiger partial charge in [-0.2, -0.15) is 5.01 Å². The van der Waals surface area contributed by atoms with E-state index in [0.717, 1.165) is 33.3 Å². The lowest BCUT2D eigenvalue weighted by Crippen LogP contribution is -2.52. The molecule has 1 aliphatic heterocycles. The number of nitro benzene ring substituents is 1. The number of imide groups is 1. The summed E-state index contributed by atoms with van der Waals surface area (Å²) in [6.45, 7) is 5.08. The Kier molecular flexibility index (Phi) is 6.34. The van der Waals surface area contributed by atoms with E-state index >= 15 is 0 Å². The van der Waals surface area contributed by atoms with Crippen LogP contribution in [0, 0.1) is 41.7 Å². The molecule has 180 valence electrons. The summed E-state index contributed by atoms with van der Waals surface area (Å²) in [7, 11) is 0. The number of hydrogen-bond donors (Lipinski definition) is 0. The number of non-ortho nitro benzene ring substituents is 1. The molecule has 0 bridgehead atoms. The number of Topliss-reactive ketones (excluding diaryl/α,β-unsaturated/α-hetero) is 1. The Labute approximate surface area is 202 Å². The van der Waals surface area contributed by atoms with Gasteiger partial charge >= 0.3 is 0 Å². The number of aryl methyl sites for hydroxylation is 2. The summed E-state index contributed by atoms with van der Waals surface area (Å²) < 4.78 is 0. The predicted molar refractivity (Wildman–Crippen MR) is 126 cm³/mol. The molecular formula is C26H25N3O6. The highest BCUT2D eigenvalue weighted by Gasteiger charge is 2.53. The molecule has 1 aliphatic carbocycles. The van der Waals surface area contributed by atoms with E-state index in [4.69, 9.17) is 0 Å². The van der Waals surface area contributed by atoms with Crippen molar-refractivity contribution < 1.29 is 24.1 Å². The first-order valence-electron chi connectivity index (χ1n) is 11.3. The lowest BCUT2D eigenvalue weighted by Gasteiger charge is -2.30. The van der Waals surface area contributed by atoms with Crippen LogP contribution in [0.4, 0.5) is 5.69 Å². The molecular weight excluding hydrogens is 450 g/mol. The number of nitrogens with zero attached hydrogens (tertiary/aromatic N) is 3. The van der Waals surface area contributed by atoms with Gasteiger partial charge in [-0.15, -0.1) is 0 Å². The van der Waals surface area contributed by atoms with Crippen LogP contribution in [0.25, 0.3) is 0 Å². The third kappa shape index (κ3) is 4.37. The zero-order valence-electron chi connectivity index (χ0n) is 19.6. The van der Waals surface area contributed by atoms with Gasteiger partial charge in [0.15, 0.2) is 5.78 Å². The summed E-state index contributed by atoms with van der Waals surface area (Å²) in [5, 5.41) is 12.7. The molecule has 2 aromatic rings. The molecule has 1 heterocycles. The van der Waals surface area contributed by atoms with E-state index in [1.807, 2.05) is 32.9 Å². The van der Waals surface area contributed by atoms with Gasteiger partial charge in [0.2, 0.25) is 0 Å². The Morgan fingerprint density at radius 2 is 1.69 bits per heavy atom. The molecule has 1 saturated heterocycles. The second-order valence-corrected chi connectivity index (χ2v) is 9.03. The Morgan fingerprint density at radius 1 is 1.03 bits per heavy atom. The van der Waals surface area contributed by atoms with E-state index in [9.17, 15) is 29.3 Å². The van der Waals surface area contributed by atoms with Gasteiger partial charge in [-0.05, 0) is 55.5 Å². The minimum atomic E-state index is -0.766. The van der Waals surface area contributed by atoms with E-state index in [1.165, 1.54) is 12.1 Å². The van der Waals surface area contributed by atoms with Crippen LogP contribution in [0.1, 0.15) is 45.2 Å². The monoisotopic (exact) mass is 475 g/mol. The predicted octanol–water partition coefficient (Wildman–Crippen LogP) is 3.65. The molecule has 3 amide bonds. The van der Waals surface area contributed by atoms with Gasteiger partial charge in [0.25, 0.3) is 23.4 Å². The topological polar surface area (TPSA) is 118 Å². The Balaban J connectivity index is 1.71. The van der Waals surface area contributed by atoms with Gasteiger partial charge in [-0.3, -0.25) is 29.3 Å². The highest BCUT2D eigenvalue weighted by molar-refractivity contribution is 6.10. The van der Waals surface area contributed by atoms with Gasteiger partial charge < -0.3 is 0 Å². The average Bonchev–Trinajstić information content (AvgIpc) is 3.09. The number of carbonyl (C=O) groups is 4. The molecule has 2 aliphatic rings. The zero-order chi connectivity index (χ0) is 25.4. The third-order valence-electron chi connectivity index (χ3n) is 6.77. The molecule has 0 spiro atoms. The first-order valence-corrected chi connectivity index (χ1v) is 11.3. The quantitative estimate of drug-likeness (QED) is 0.207. The van der Waals surface area contributed by atoms with Crippen LogP contribution in [0.5, 0.6) is 0 Å². The third-order valence-corrected chi connectivity index (χ3v) is 6.77. The summed E-state index contributed by atoms with van der Waals surface area (Å²) >= 11 is 0. The molecule has 9 heteroatoms. The number of ketones is 1. The van der Waals surface area contributed by atoms with Crippen LogP contribution < -0.4 is 0 Å². The molecule has 3 atom stereocenters. The summed E-state index contributed by atoms with van der Waals surface area (Å²) in [5.74, 6) is -3.67. The number of allylic oxidation sites excluding steroid dienone is 2. The van der Waals surface area contributed by atoms with Crippen molar-refractivity contribution in [1.29, 1.82) is 0 Å². The van der Waals surface area contributed by atoms with Gasteiger partial charge in [-0.1, -0.05) is 31.2 Å². The van der Waals surface area contributed by atoms with E-state index in [1.54, 1.807) is 18.2 Å². The summed E-state index contributed by atoms with van der Waals surface area (Å²) in [5.41, 5.74) is 2.05. The number of fused-ring (bicyclic) bond motifs is 1. The van der Waals surface area contributed by atoms with Crippen molar-refractivity contribution in [3.05, 3.63) is 87.0 Å². The largest absolute Gasteiger partial charge is 0.292 e. The molecule has 0 radical (unpaired) electrons. The van der Waals surface area contributed by atoms with Crippen LogP contribution in [-0.4, -0.2) is 45.0 Å². The van der Waals surface area contributed by atoms with E-state index in [0.29, 0.717) is 12.0 Å². The van der Waals surface area contributed by atoms with Crippen molar-refractivity contribution in [2.45, 2.75) is 27.2 Å². The molecule has 9 nitrogen and oxygen atoms in total. The normalized spacial score (nSPS) is 21.1. The van der Waals surface area contributed by atoms with Gasteiger partial charge in [0.05, 0.1) is 16.8 Å². The van der Waals surface area contributed by atoms with Crippen molar-refractivity contribution >= 4 is 29.2 Å². The van der Waals surface area contributed by atoms with Crippen molar-refractivity contribution in [2.24, 2.45) is 17.8 Å². The molecule has 0 unspecified atom stereocenters. The first kappa shape index (κ1) is 24.0. The summed E-state index contributed by atoms with van der Waals surface area (Å²) in [6, 6.07) is 9.95. The highest BCUT2D eigenvalue weighted by atomic mass is 16.6. The van der Waals surface area contributed by atoms with Gasteiger partial charge in [-0.25, -0.2) is 5.01 Å². The first-order chi connectivity index (χ1) is 16.6. The number of hydrogen-bond acceptors (Lipinski definition) is 6. The fourth-order valence-corrected chi connectivity index (χ4v) is 4.62. The second kappa shape index (κ2) is 9.25. The highest BCUT2D eigenvalue weighted by Crippen LogP contribution is 2.39. The number of benzene rings is 2. The minimum Gasteiger partial charge on any atom is -0.292 e. The number of carbonyl (C=O) groups excluding carboxylic acids is 4. The number of nitro groups is 1. The van der Waals surface area contributed by atoms with Crippen molar-refractivity contribution in [3.63, 3.8) is 0 Å². The standard InChI is InChI=1S/C26H25N3O6/c1-15-7-8-19(13-17(15)3)22(30)14-27(24(31)18-9-11-20(12-10-18)29(34)35)28-25(32)21-6-4-5-16(2)23(21)26(28)33/h4-5,7-13,16,21,23H,6,14H2,1-3H3/t16-,21+,23+/m0/s1. The van der Waals surface area contributed by atoms with Crippen LogP contribution in [0.2, 0.25) is 0 Å². The SMILES string of the molecule is Cc1ccc(C(=O)CN(C(=O)c2ccc([N+](=O)[O-])cc2)N2C(=O)[C@@H]3[C@@H](C)C=CC[C@H]3C2=O)cc1C. The molecule has 0 N–H and O–H groups in total. The van der Waals surface area contributed by atoms with E-state index in [-0.39, 0.29) is 17.2 Å². The number of rotatable bonds is 6. The molecule has 1 fully saturated rings. The average molecular weight is 476 g/mol. The molecule has 0 aromatic heterocycles. The number of hydrazine groups is 1. The van der Waals surface area contributed by atoms with Crippen molar-refractivity contribution in [2.75, 3.05) is 6.54 Å². The second-order valence-electron chi connectivity index (χ2n) is 9.03. The maximum Gasteiger partial charge on any atom is 0.273 e. The van der Waals surface area contributed by atoms with Crippen molar-refractivity contribution in [1.82, 2.24) is 10.0 Å². The van der Waals surface area contributed by atoms with E-state index in [2.05, 4.69) is 0 Å². The fraction of sp³-hybridized carbons (Fsp3) is 0.308. The lowest BCUT2D eigenvalue weighted by atomic mass is 9.78. The zero-order valence-corrected chi connectivity index (χ0v) is 19.6. The minimum absolute atomic E-state index is 0.0186. The van der Waals surface area contributed by atoms with Crippen LogP contribution in [0.3, 0.4) is 0 Å². The van der Waals surface area contributed by atoms with E-state index < -0.39 is 46.8 Å². The number of amides is 3. The van der Waals surface area contributed by atoms with Gasteiger partial charge in [0, 0.05) is 23.3 Å². The maximum absolute atomic E-state index is 13.5. The molecule has 35 heavy (non-hydrogen) atoms. The van der Waals surface area contributed by atoms with Crippen LogP contribution >= 0.6 is 0 Å². The lowest BCUT2D eigenvalue weighted by molar-refractivity contribution is -0.384. The molecule has 2 aromatic carbocycles.